The van der Waals surface area contributed by atoms with Crippen LogP contribution in [0, 0.1) is 0 Å². The summed E-state index contributed by atoms with van der Waals surface area (Å²) in [6, 6.07) is 74.4. The molecule has 2 heterocycles. The Labute approximate surface area is 360 Å². The molecular formula is C58H44N2S. The van der Waals surface area contributed by atoms with Crippen molar-refractivity contribution in [3.05, 3.63) is 206 Å². The fraction of sp³-hybridized carbons (Fsp3) is 0.103. The van der Waals surface area contributed by atoms with Gasteiger partial charge in [-0.1, -0.05) is 159 Å². The average Bonchev–Trinajstić information content (AvgIpc) is 3.88. The van der Waals surface area contributed by atoms with Gasteiger partial charge in [0.25, 0.3) is 0 Å². The van der Waals surface area contributed by atoms with Crippen molar-refractivity contribution in [2.75, 3.05) is 4.90 Å². The van der Waals surface area contributed by atoms with E-state index in [1.165, 1.54) is 130 Å². The molecule has 0 aliphatic heterocycles. The smallest absolute Gasteiger partial charge is 0.0555 e. The zero-order valence-corrected chi connectivity index (χ0v) is 34.8. The van der Waals surface area contributed by atoms with Crippen molar-refractivity contribution in [1.82, 2.24) is 4.57 Å². The molecule has 0 bridgehead atoms. The van der Waals surface area contributed by atoms with Crippen LogP contribution in [0.2, 0.25) is 0 Å². The van der Waals surface area contributed by atoms with E-state index in [1.54, 1.807) is 0 Å². The van der Waals surface area contributed by atoms with E-state index in [1.807, 2.05) is 11.3 Å². The molecule has 12 rings (SSSR count). The molecule has 2 nitrogen and oxygen atoms in total. The molecule has 0 radical (unpaired) electrons. The predicted octanol–water partition coefficient (Wildman–Crippen LogP) is 17.2. The number of nitrogens with zero attached hydrogens (tertiary/aromatic N) is 2. The largest absolute Gasteiger partial charge is 0.309 e. The van der Waals surface area contributed by atoms with Gasteiger partial charge in [-0.15, -0.1) is 11.3 Å². The Morgan fingerprint density at radius 1 is 0.443 bits per heavy atom. The number of rotatable bonds is 7. The van der Waals surface area contributed by atoms with Gasteiger partial charge < -0.3 is 9.47 Å². The normalized spacial score (nSPS) is 13.5. The quantitative estimate of drug-likeness (QED) is 0.156. The molecule has 1 saturated carbocycles. The Bertz CT molecular complexity index is 3400. The molecule has 0 N–H and O–H groups in total. The van der Waals surface area contributed by atoms with Gasteiger partial charge in [0.1, 0.15) is 0 Å². The molecule has 9 aromatic carbocycles. The summed E-state index contributed by atoms with van der Waals surface area (Å²) in [7, 11) is 0. The molecule has 0 spiro atoms. The highest BCUT2D eigenvalue weighted by molar-refractivity contribution is 7.26. The van der Waals surface area contributed by atoms with Gasteiger partial charge in [0.2, 0.25) is 0 Å². The van der Waals surface area contributed by atoms with Crippen molar-refractivity contribution in [2.24, 2.45) is 0 Å². The number of aromatic nitrogens is 1. The summed E-state index contributed by atoms with van der Waals surface area (Å²) in [4.78, 5) is 2.53. The monoisotopic (exact) mass is 800 g/mol. The minimum Gasteiger partial charge on any atom is -0.309 e. The van der Waals surface area contributed by atoms with Gasteiger partial charge in [-0.3, -0.25) is 0 Å². The Hall–Kier alpha value is -6.94. The second-order valence-electron chi connectivity index (χ2n) is 16.7. The third kappa shape index (κ3) is 6.06. The second-order valence-corrected chi connectivity index (χ2v) is 17.7. The fourth-order valence-electron chi connectivity index (χ4n) is 10.4. The number of hydrogen-bond donors (Lipinski definition) is 0. The van der Waals surface area contributed by atoms with Crippen LogP contribution >= 0.6 is 11.3 Å². The minimum absolute atomic E-state index is 0.591. The van der Waals surface area contributed by atoms with E-state index in [4.69, 9.17) is 0 Å². The third-order valence-electron chi connectivity index (χ3n) is 13.2. The molecule has 1 fully saturated rings. The maximum Gasteiger partial charge on any atom is 0.0555 e. The zero-order chi connectivity index (χ0) is 40.3. The number of thiophene rings is 1. The standard InChI is InChI=1S/C58H44N2S/c1-3-16-40(17-4-1)45-25-13-18-41-19-14-26-49(57(41)45)47-23-8-11-28-52(47)59(53-29-15-31-56-58(53)50-24-9-12-30-55(50)61-56)44-35-32-39(33-36-44)42-34-37-48-46-22-7-10-27-51(46)60(54(48)38-42)43-20-5-2-6-21-43/h2,5-15,18-38,40H,1,3-4,16-17H2. The molecule has 0 amide bonds. The fourth-order valence-corrected chi connectivity index (χ4v) is 11.5. The van der Waals surface area contributed by atoms with Crippen LogP contribution in [-0.2, 0) is 0 Å². The highest BCUT2D eigenvalue weighted by atomic mass is 32.1. The topological polar surface area (TPSA) is 8.17 Å². The molecule has 3 heteroatoms. The van der Waals surface area contributed by atoms with Crippen molar-refractivity contribution in [1.29, 1.82) is 0 Å². The molecule has 61 heavy (non-hydrogen) atoms. The van der Waals surface area contributed by atoms with Crippen LogP contribution in [0.4, 0.5) is 17.1 Å². The maximum absolute atomic E-state index is 2.53. The Morgan fingerprint density at radius 3 is 1.97 bits per heavy atom. The molecular weight excluding hydrogens is 757 g/mol. The lowest BCUT2D eigenvalue weighted by molar-refractivity contribution is 0.445. The van der Waals surface area contributed by atoms with Crippen LogP contribution in [0.5, 0.6) is 0 Å². The summed E-state index contributed by atoms with van der Waals surface area (Å²) in [5, 5.41) is 7.84. The van der Waals surface area contributed by atoms with Crippen LogP contribution in [0.3, 0.4) is 0 Å². The maximum atomic E-state index is 2.53. The van der Waals surface area contributed by atoms with Crippen molar-refractivity contribution < 1.29 is 0 Å². The summed E-state index contributed by atoms with van der Waals surface area (Å²) >= 11 is 1.88. The van der Waals surface area contributed by atoms with Gasteiger partial charge in [-0.25, -0.2) is 0 Å². The van der Waals surface area contributed by atoms with Crippen LogP contribution < -0.4 is 4.90 Å². The summed E-state index contributed by atoms with van der Waals surface area (Å²) in [6.07, 6.45) is 6.50. The number of fused-ring (bicyclic) bond motifs is 7. The lowest BCUT2D eigenvalue weighted by Gasteiger charge is -2.30. The van der Waals surface area contributed by atoms with Crippen molar-refractivity contribution >= 4 is 81.1 Å². The highest BCUT2D eigenvalue weighted by Gasteiger charge is 2.24. The first-order chi connectivity index (χ1) is 30.3. The number of benzene rings is 9. The van der Waals surface area contributed by atoms with Crippen LogP contribution in [0.15, 0.2) is 200 Å². The van der Waals surface area contributed by atoms with E-state index in [9.17, 15) is 0 Å². The van der Waals surface area contributed by atoms with E-state index in [0.29, 0.717) is 5.92 Å². The zero-order valence-electron chi connectivity index (χ0n) is 34.0. The van der Waals surface area contributed by atoms with Crippen LogP contribution in [0.25, 0.3) is 80.7 Å². The van der Waals surface area contributed by atoms with Gasteiger partial charge in [-0.2, -0.15) is 0 Å². The van der Waals surface area contributed by atoms with Crippen LogP contribution in [0.1, 0.15) is 43.6 Å². The third-order valence-corrected chi connectivity index (χ3v) is 14.3. The predicted molar refractivity (Wildman–Crippen MR) is 263 cm³/mol. The van der Waals surface area contributed by atoms with E-state index < -0.39 is 0 Å². The van der Waals surface area contributed by atoms with Crippen molar-refractivity contribution in [2.45, 2.75) is 38.0 Å². The summed E-state index contributed by atoms with van der Waals surface area (Å²) < 4.78 is 5.01. The molecule has 0 atom stereocenters. The van der Waals surface area contributed by atoms with E-state index in [-0.39, 0.29) is 0 Å². The van der Waals surface area contributed by atoms with Crippen LogP contribution in [-0.4, -0.2) is 4.57 Å². The number of para-hydroxylation sites is 3. The second kappa shape index (κ2) is 15.0. The van der Waals surface area contributed by atoms with Gasteiger partial charge in [0.05, 0.1) is 22.4 Å². The molecule has 1 aliphatic rings. The van der Waals surface area contributed by atoms with E-state index in [2.05, 4.69) is 210 Å². The van der Waals surface area contributed by atoms with E-state index in [0.717, 1.165) is 5.69 Å². The van der Waals surface area contributed by atoms with Gasteiger partial charge >= 0.3 is 0 Å². The Balaban J connectivity index is 1.05. The summed E-state index contributed by atoms with van der Waals surface area (Å²) in [5.41, 5.74) is 13.5. The van der Waals surface area contributed by atoms with Crippen molar-refractivity contribution in [3.63, 3.8) is 0 Å². The summed E-state index contributed by atoms with van der Waals surface area (Å²) in [6.45, 7) is 0. The molecule has 0 saturated heterocycles. The first kappa shape index (κ1) is 36.0. The lowest BCUT2D eigenvalue weighted by Crippen LogP contribution is -2.12. The van der Waals surface area contributed by atoms with Gasteiger partial charge in [0.15, 0.2) is 0 Å². The highest BCUT2D eigenvalue weighted by Crippen LogP contribution is 2.49. The van der Waals surface area contributed by atoms with Gasteiger partial charge in [-0.05, 0) is 112 Å². The number of hydrogen-bond acceptors (Lipinski definition) is 2. The molecule has 292 valence electrons. The molecule has 11 aromatic rings. The molecule has 1 aliphatic carbocycles. The summed E-state index contributed by atoms with van der Waals surface area (Å²) in [5.74, 6) is 0.591. The SMILES string of the molecule is c1ccc(-n2c3ccccc3c3ccc(-c4ccc(N(c5ccccc5-c5cccc6cccc(C7CCCCC7)c56)c5cccc6sc7ccccc7c56)cc4)cc32)cc1. The first-order valence-corrected chi connectivity index (χ1v) is 22.6. The average molecular weight is 801 g/mol. The Kier molecular flexibility index (Phi) is 8.82. The molecule has 2 aromatic heterocycles. The van der Waals surface area contributed by atoms with Gasteiger partial charge in [0, 0.05) is 47.9 Å². The van der Waals surface area contributed by atoms with Crippen molar-refractivity contribution in [3.8, 4) is 27.9 Å². The first-order valence-electron chi connectivity index (χ1n) is 21.8. The Morgan fingerprint density at radius 2 is 1.10 bits per heavy atom. The minimum atomic E-state index is 0.591. The lowest BCUT2D eigenvalue weighted by atomic mass is 9.80. The van der Waals surface area contributed by atoms with E-state index >= 15 is 0 Å². The molecule has 0 unspecified atom stereocenters. The number of anilines is 3.